The zero-order chi connectivity index (χ0) is 21.8. The number of benzene rings is 1. The van der Waals surface area contributed by atoms with Crippen LogP contribution in [0.25, 0.3) is 0 Å². The first-order chi connectivity index (χ1) is 15.0. The summed E-state index contributed by atoms with van der Waals surface area (Å²) in [5.41, 5.74) is 4.47. The Bertz CT molecular complexity index is 1110. The zero-order valence-corrected chi connectivity index (χ0v) is 17.8. The molecule has 4 rings (SSSR count). The number of amides is 2. The van der Waals surface area contributed by atoms with Gasteiger partial charge in [-0.15, -0.1) is 21.5 Å². The van der Waals surface area contributed by atoms with Crippen LogP contribution in [0.2, 0.25) is 0 Å². The molecule has 12 heteroatoms. The molecule has 31 heavy (non-hydrogen) atoms. The first-order valence-electron chi connectivity index (χ1n) is 9.44. The molecule has 1 aromatic carbocycles. The second kappa shape index (κ2) is 9.27. The average molecular weight is 459 g/mol. The van der Waals surface area contributed by atoms with Gasteiger partial charge in [-0.25, -0.2) is 0 Å². The van der Waals surface area contributed by atoms with Crippen LogP contribution in [0, 0.1) is 10.1 Å². The van der Waals surface area contributed by atoms with Crippen molar-refractivity contribution in [3.05, 3.63) is 68.2 Å². The number of nitrogens with one attached hydrogen (secondary N) is 2. The molecule has 1 saturated carbocycles. The lowest BCUT2D eigenvalue weighted by molar-refractivity contribution is -0.384. The number of carbonyl (C=O) groups is 2. The topological polar surface area (TPSA) is 132 Å². The minimum absolute atomic E-state index is 0.0407. The molecule has 1 fully saturated rings. The van der Waals surface area contributed by atoms with Crippen molar-refractivity contribution in [2.24, 2.45) is 0 Å². The van der Waals surface area contributed by atoms with Crippen LogP contribution >= 0.6 is 23.1 Å². The second-order valence-corrected chi connectivity index (χ2v) is 8.83. The van der Waals surface area contributed by atoms with Crippen molar-refractivity contribution >= 4 is 40.6 Å². The Morgan fingerprint density at radius 3 is 2.77 bits per heavy atom. The minimum Gasteiger partial charge on any atom is -0.303 e. The lowest BCUT2D eigenvalue weighted by atomic mass is 10.2. The fraction of sp³-hybridized carbons (Fsp3) is 0.263. The molecule has 2 N–H and O–H groups in total. The van der Waals surface area contributed by atoms with Crippen LogP contribution in [-0.2, 0) is 11.2 Å². The first-order valence-corrected chi connectivity index (χ1v) is 11.3. The summed E-state index contributed by atoms with van der Waals surface area (Å²) in [6.45, 7) is 0. The van der Waals surface area contributed by atoms with Gasteiger partial charge >= 0.3 is 0 Å². The van der Waals surface area contributed by atoms with Crippen molar-refractivity contribution in [2.75, 3.05) is 5.75 Å². The van der Waals surface area contributed by atoms with Gasteiger partial charge in [0.2, 0.25) is 5.91 Å². The number of nitro groups is 1. The van der Waals surface area contributed by atoms with Crippen LogP contribution in [-0.4, -0.2) is 37.3 Å². The molecule has 10 nitrogen and oxygen atoms in total. The van der Waals surface area contributed by atoms with E-state index in [1.165, 1.54) is 34.8 Å². The molecule has 0 aliphatic heterocycles. The summed E-state index contributed by atoms with van der Waals surface area (Å²) in [6, 6.07) is 9.68. The summed E-state index contributed by atoms with van der Waals surface area (Å²) in [4.78, 5) is 35.7. The van der Waals surface area contributed by atoms with Gasteiger partial charge in [-0.3, -0.25) is 30.6 Å². The van der Waals surface area contributed by atoms with Gasteiger partial charge in [0.05, 0.1) is 10.7 Å². The summed E-state index contributed by atoms with van der Waals surface area (Å²) in [6.07, 6.45) is 2.83. The summed E-state index contributed by atoms with van der Waals surface area (Å²) in [5, 5.41) is 22.1. The molecule has 0 saturated heterocycles. The molecule has 160 valence electrons. The van der Waals surface area contributed by atoms with E-state index in [2.05, 4.69) is 31.7 Å². The average Bonchev–Trinajstić information content (AvgIpc) is 3.32. The molecule has 3 aromatic rings. The molecule has 0 atom stereocenters. The largest absolute Gasteiger partial charge is 0.303 e. The molecule has 0 unspecified atom stereocenters. The van der Waals surface area contributed by atoms with Crippen molar-refractivity contribution in [1.82, 2.24) is 25.6 Å². The molecule has 0 spiro atoms. The first kappa shape index (κ1) is 21.0. The fourth-order valence-corrected chi connectivity index (χ4v) is 4.45. The number of carbonyl (C=O) groups excluding carboxylic acids is 2. The van der Waals surface area contributed by atoms with Crippen LogP contribution in [0.1, 0.15) is 39.9 Å². The Morgan fingerprint density at radius 1 is 1.23 bits per heavy atom. The van der Waals surface area contributed by atoms with Crippen LogP contribution < -0.4 is 10.9 Å². The Morgan fingerprint density at radius 2 is 2.06 bits per heavy atom. The highest BCUT2D eigenvalue weighted by Crippen LogP contribution is 2.39. The monoisotopic (exact) mass is 458 g/mol. The number of hydrogen-bond acceptors (Lipinski definition) is 8. The number of nitrogens with zero attached hydrogens (tertiary/aromatic N) is 4. The SMILES string of the molecule is O=C(CSc1nnc(Cc2cccs2)n1C1CC1)NNC(=O)c1cccc([N+](=O)[O-])c1. The number of hydrazine groups is 1. The van der Waals surface area contributed by atoms with Crippen molar-refractivity contribution in [3.63, 3.8) is 0 Å². The second-order valence-electron chi connectivity index (χ2n) is 6.85. The van der Waals surface area contributed by atoms with Crippen molar-refractivity contribution in [1.29, 1.82) is 0 Å². The van der Waals surface area contributed by atoms with Gasteiger partial charge in [0.25, 0.3) is 11.6 Å². The molecule has 2 aromatic heterocycles. The molecular weight excluding hydrogens is 440 g/mol. The Kier molecular flexibility index (Phi) is 6.28. The van der Waals surface area contributed by atoms with Gasteiger partial charge < -0.3 is 4.57 Å². The predicted octanol–water partition coefficient (Wildman–Crippen LogP) is 2.73. The van der Waals surface area contributed by atoms with Crippen LogP contribution in [0.3, 0.4) is 0 Å². The van der Waals surface area contributed by atoms with Crippen LogP contribution in [0.5, 0.6) is 0 Å². The number of aromatic nitrogens is 3. The Balaban J connectivity index is 1.32. The summed E-state index contributed by atoms with van der Waals surface area (Å²) >= 11 is 2.92. The quantitative estimate of drug-likeness (QED) is 0.301. The number of hydrogen-bond donors (Lipinski definition) is 2. The Labute approximate surface area is 185 Å². The number of rotatable bonds is 8. The van der Waals surface area contributed by atoms with E-state index in [1.54, 1.807) is 11.3 Å². The van der Waals surface area contributed by atoms with Crippen molar-refractivity contribution in [2.45, 2.75) is 30.5 Å². The van der Waals surface area contributed by atoms with Crippen molar-refractivity contribution in [3.8, 4) is 0 Å². The normalized spacial score (nSPS) is 13.0. The van der Waals surface area contributed by atoms with Crippen LogP contribution in [0.4, 0.5) is 5.69 Å². The zero-order valence-electron chi connectivity index (χ0n) is 16.2. The number of non-ortho nitro benzene ring substituents is 1. The number of nitro benzene ring substituents is 1. The molecule has 1 aliphatic carbocycles. The lowest BCUT2D eigenvalue weighted by Crippen LogP contribution is -2.42. The lowest BCUT2D eigenvalue weighted by Gasteiger charge is -2.09. The maximum Gasteiger partial charge on any atom is 0.270 e. The highest BCUT2D eigenvalue weighted by atomic mass is 32.2. The molecule has 2 heterocycles. The number of thiophene rings is 1. The van der Waals surface area contributed by atoms with Gasteiger partial charge in [0.15, 0.2) is 5.16 Å². The van der Waals surface area contributed by atoms with E-state index in [0.29, 0.717) is 17.6 Å². The molecular formula is C19H18N6O4S2. The van der Waals surface area contributed by atoms with Gasteiger partial charge in [0.1, 0.15) is 5.82 Å². The molecule has 2 amide bonds. The van der Waals surface area contributed by atoms with Gasteiger partial charge in [-0.05, 0) is 30.4 Å². The molecule has 1 aliphatic rings. The van der Waals surface area contributed by atoms with E-state index in [-0.39, 0.29) is 17.0 Å². The highest BCUT2D eigenvalue weighted by molar-refractivity contribution is 7.99. The minimum atomic E-state index is -0.638. The van der Waals surface area contributed by atoms with E-state index >= 15 is 0 Å². The summed E-state index contributed by atoms with van der Waals surface area (Å²) in [7, 11) is 0. The molecule has 0 bridgehead atoms. The standard InChI is InChI=1S/C19H18N6O4S2/c26-17(21-22-18(27)12-3-1-4-14(9-12)25(28)29)11-31-19-23-20-16(24(19)13-6-7-13)10-15-5-2-8-30-15/h1-5,8-9,13H,6-7,10-11H2,(H,21,26)(H,22,27). The van der Waals surface area contributed by atoms with Crippen LogP contribution in [0.15, 0.2) is 46.9 Å². The van der Waals surface area contributed by atoms with E-state index in [9.17, 15) is 19.7 Å². The summed E-state index contributed by atoms with van der Waals surface area (Å²) < 4.78 is 2.10. The summed E-state index contributed by atoms with van der Waals surface area (Å²) in [5.74, 6) is -0.138. The van der Waals surface area contributed by atoms with Crippen molar-refractivity contribution < 1.29 is 14.5 Å². The smallest absolute Gasteiger partial charge is 0.270 e. The predicted molar refractivity (Wildman–Crippen MR) is 115 cm³/mol. The Hall–Kier alpha value is -3.25. The fourth-order valence-electron chi connectivity index (χ4n) is 2.92. The van der Waals surface area contributed by atoms with E-state index in [0.717, 1.165) is 24.7 Å². The van der Waals surface area contributed by atoms with E-state index in [1.807, 2.05) is 11.4 Å². The maximum absolute atomic E-state index is 12.2. The van der Waals surface area contributed by atoms with Gasteiger partial charge in [-0.1, -0.05) is 23.9 Å². The van der Waals surface area contributed by atoms with Gasteiger partial charge in [-0.2, -0.15) is 0 Å². The number of thioether (sulfide) groups is 1. The van der Waals surface area contributed by atoms with E-state index < -0.39 is 16.7 Å². The third-order valence-corrected chi connectivity index (χ3v) is 6.35. The maximum atomic E-state index is 12.2. The third-order valence-electron chi connectivity index (χ3n) is 4.53. The highest BCUT2D eigenvalue weighted by Gasteiger charge is 2.30. The third kappa shape index (κ3) is 5.27. The molecule has 0 radical (unpaired) electrons. The van der Waals surface area contributed by atoms with Gasteiger partial charge in [0, 0.05) is 35.0 Å². The van der Waals surface area contributed by atoms with E-state index in [4.69, 9.17) is 0 Å².